The van der Waals surface area contributed by atoms with E-state index in [4.69, 9.17) is 4.74 Å². The molecule has 0 unspecified atom stereocenters. The molecule has 2 aromatic heterocycles. The number of para-hydroxylation sites is 2. The van der Waals surface area contributed by atoms with Gasteiger partial charge in [0, 0.05) is 10.9 Å². The van der Waals surface area contributed by atoms with Gasteiger partial charge in [0.05, 0.1) is 11.7 Å². The fraction of sp³-hybridized carbons (Fsp3) is 0. The number of rotatable bonds is 5. The summed E-state index contributed by atoms with van der Waals surface area (Å²) in [7, 11) is 0. The molecule has 0 aliphatic heterocycles. The molecule has 1 N–H and O–H groups in total. The number of anilines is 1. The molecule has 0 aliphatic rings. The summed E-state index contributed by atoms with van der Waals surface area (Å²) in [6.07, 6.45) is 1.40. The number of aromatic nitrogens is 3. The number of fused-ring (bicyclic) bond motifs is 1. The Morgan fingerprint density at radius 1 is 0.909 bits per heavy atom. The van der Waals surface area contributed by atoms with Crippen LogP contribution in [0.4, 0.5) is 5.82 Å². The zero-order chi connectivity index (χ0) is 22.6. The molecular formula is C26H17N5O2. The Bertz CT molecular complexity index is 1500. The summed E-state index contributed by atoms with van der Waals surface area (Å²) in [5, 5.41) is 17.6. The van der Waals surface area contributed by atoms with Gasteiger partial charge in [0.25, 0.3) is 5.91 Å². The van der Waals surface area contributed by atoms with Crippen molar-refractivity contribution < 1.29 is 9.53 Å². The summed E-state index contributed by atoms with van der Waals surface area (Å²) >= 11 is 0. The fourth-order valence-corrected chi connectivity index (χ4v) is 3.40. The zero-order valence-electron chi connectivity index (χ0n) is 17.3. The van der Waals surface area contributed by atoms with Crippen LogP contribution >= 0.6 is 0 Å². The average molecular weight is 431 g/mol. The third kappa shape index (κ3) is 4.13. The molecule has 0 aliphatic carbocycles. The number of hydrogen-bond donors (Lipinski definition) is 1. The quantitative estimate of drug-likeness (QED) is 0.406. The third-order valence-electron chi connectivity index (χ3n) is 5.00. The van der Waals surface area contributed by atoms with Gasteiger partial charge in [0.15, 0.2) is 11.6 Å². The van der Waals surface area contributed by atoms with Gasteiger partial charge < -0.3 is 10.1 Å². The second-order valence-corrected chi connectivity index (χ2v) is 7.19. The van der Waals surface area contributed by atoms with E-state index in [1.807, 2.05) is 60.7 Å². The maximum absolute atomic E-state index is 13.0. The molecule has 0 bridgehead atoms. The van der Waals surface area contributed by atoms with Crippen molar-refractivity contribution in [2.45, 2.75) is 0 Å². The summed E-state index contributed by atoms with van der Waals surface area (Å²) in [5.41, 5.74) is 1.40. The highest BCUT2D eigenvalue weighted by atomic mass is 16.5. The van der Waals surface area contributed by atoms with Crippen LogP contribution in [0, 0.1) is 11.3 Å². The van der Waals surface area contributed by atoms with Crippen molar-refractivity contribution in [2.75, 3.05) is 5.32 Å². The molecule has 33 heavy (non-hydrogen) atoms. The smallest absolute Gasteiger partial charge is 0.256 e. The molecule has 0 saturated heterocycles. The number of nitrogens with one attached hydrogen (secondary N) is 1. The zero-order valence-corrected chi connectivity index (χ0v) is 17.3. The first-order valence-electron chi connectivity index (χ1n) is 10.2. The SMILES string of the molecule is N#Cc1cnn(-c2ccc3ccccc3n2)c1NC(=O)c1cccc(Oc2ccccc2)c1. The molecule has 1 amide bonds. The highest BCUT2D eigenvalue weighted by Gasteiger charge is 2.17. The van der Waals surface area contributed by atoms with Crippen molar-refractivity contribution >= 4 is 22.6 Å². The van der Waals surface area contributed by atoms with Gasteiger partial charge in [-0.15, -0.1) is 0 Å². The summed E-state index contributed by atoms with van der Waals surface area (Å²) in [6.45, 7) is 0. The Morgan fingerprint density at radius 2 is 1.70 bits per heavy atom. The van der Waals surface area contributed by atoms with Crippen molar-refractivity contribution in [1.29, 1.82) is 5.26 Å². The molecule has 7 heteroatoms. The Hall–Kier alpha value is -4.96. The molecule has 3 aromatic carbocycles. The monoisotopic (exact) mass is 431 g/mol. The Balaban J connectivity index is 1.45. The second kappa shape index (κ2) is 8.65. The summed E-state index contributed by atoms with van der Waals surface area (Å²) in [6, 6.07) is 29.6. The van der Waals surface area contributed by atoms with Gasteiger partial charge in [0.2, 0.25) is 0 Å². The van der Waals surface area contributed by atoms with E-state index in [0.717, 1.165) is 10.9 Å². The van der Waals surface area contributed by atoms with Crippen molar-refractivity contribution in [3.8, 4) is 23.4 Å². The van der Waals surface area contributed by atoms with Crippen LogP contribution in [0.15, 0.2) is 97.2 Å². The topological polar surface area (TPSA) is 92.8 Å². The Labute approximate surface area is 189 Å². The van der Waals surface area contributed by atoms with E-state index in [2.05, 4.69) is 21.5 Å². The first-order valence-corrected chi connectivity index (χ1v) is 10.2. The molecule has 5 aromatic rings. The summed E-state index contributed by atoms with van der Waals surface area (Å²) in [5.74, 6) is 1.54. The molecule has 7 nitrogen and oxygen atoms in total. The van der Waals surface area contributed by atoms with Gasteiger partial charge in [-0.05, 0) is 48.5 Å². The lowest BCUT2D eigenvalue weighted by Gasteiger charge is -2.11. The first kappa shape index (κ1) is 20.0. The van der Waals surface area contributed by atoms with Crippen LogP contribution in [0.2, 0.25) is 0 Å². The first-order chi connectivity index (χ1) is 16.2. The normalized spacial score (nSPS) is 10.5. The molecule has 0 spiro atoms. The minimum atomic E-state index is -0.396. The van der Waals surface area contributed by atoms with Crippen LogP contribution in [0.5, 0.6) is 11.5 Å². The summed E-state index contributed by atoms with van der Waals surface area (Å²) in [4.78, 5) is 17.7. The van der Waals surface area contributed by atoms with Crippen molar-refractivity contribution in [3.63, 3.8) is 0 Å². The highest BCUT2D eigenvalue weighted by molar-refractivity contribution is 6.04. The maximum atomic E-state index is 13.0. The lowest BCUT2D eigenvalue weighted by Crippen LogP contribution is -2.16. The number of pyridine rings is 1. The predicted octanol–water partition coefficient (Wildman–Crippen LogP) is 5.34. The van der Waals surface area contributed by atoms with Crippen molar-refractivity contribution in [2.24, 2.45) is 0 Å². The minimum absolute atomic E-state index is 0.231. The van der Waals surface area contributed by atoms with E-state index in [1.54, 1.807) is 30.3 Å². The van der Waals surface area contributed by atoms with Gasteiger partial charge in [-0.25, -0.2) is 4.98 Å². The van der Waals surface area contributed by atoms with Gasteiger partial charge >= 0.3 is 0 Å². The molecule has 158 valence electrons. The Morgan fingerprint density at radius 3 is 2.55 bits per heavy atom. The standard InChI is InChI=1S/C26H17N5O2/c27-16-20-17-28-31(24-14-13-18-7-4-5-12-23(18)29-24)25(20)30-26(32)19-8-6-11-22(15-19)33-21-9-2-1-3-10-21/h1-15,17H,(H,30,32). The molecular weight excluding hydrogens is 414 g/mol. The molecule has 0 atom stereocenters. The summed E-state index contributed by atoms with van der Waals surface area (Å²) < 4.78 is 7.27. The molecule has 0 saturated carbocycles. The largest absolute Gasteiger partial charge is 0.457 e. The Kier molecular flexibility index (Phi) is 5.23. The number of benzene rings is 3. The van der Waals surface area contributed by atoms with Gasteiger partial charge in [-0.1, -0.05) is 42.5 Å². The highest BCUT2D eigenvalue weighted by Crippen LogP contribution is 2.24. The van der Waals surface area contributed by atoms with Crippen molar-refractivity contribution in [1.82, 2.24) is 14.8 Å². The molecule has 0 radical (unpaired) electrons. The van der Waals surface area contributed by atoms with Crippen LogP contribution in [0.1, 0.15) is 15.9 Å². The van der Waals surface area contributed by atoms with Gasteiger partial charge in [-0.2, -0.15) is 15.0 Å². The van der Waals surface area contributed by atoms with Gasteiger partial charge in [-0.3, -0.25) is 4.79 Å². The second-order valence-electron chi connectivity index (χ2n) is 7.19. The lowest BCUT2D eigenvalue weighted by molar-refractivity contribution is 0.102. The number of carbonyl (C=O) groups is 1. The van der Waals surface area contributed by atoms with Crippen LogP contribution in [-0.4, -0.2) is 20.7 Å². The molecule has 5 rings (SSSR count). The fourth-order valence-electron chi connectivity index (χ4n) is 3.40. The number of hydrogen-bond acceptors (Lipinski definition) is 5. The lowest BCUT2D eigenvalue weighted by atomic mass is 10.2. The van der Waals surface area contributed by atoms with Crippen LogP contribution < -0.4 is 10.1 Å². The maximum Gasteiger partial charge on any atom is 0.256 e. The minimum Gasteiger partial charge on any atom is -0.457 e. The molecule has 2 heterocycles. The van der Waals surface area contributed by atoms with Crippen LogP contribution in [-0.2, 0) is 0 Å². The average Bonchev–Trinajstić information content (AvgIpc) is 3.27. The third-order valence-corrected chi connectivity index (χ3v) is 5.00. The van der Waals surface area contributed by atoms with E-state index >= 15 is 0 Å². The number of ether oxygens (including phenoxy) is 1. The van der Waals surface area contributed by atoms with E-state index < -0.39 is 5.91 Å². The van der Waals surface area contributed by atoms with Gasteiger partial charge in [0.1, 0.15) is 23.1 Å². The van der Waals surface area contributed by atoms with E-state index in [-0.39, 0.29) is 11.4 Å². The van der Waals surface area contributed by atoms with E-state index in [9.17, 15) is 10.1 Å². The number of nitrogens with zero attached hydrogens (tertiary/aromatic N) is 4. The number of amides is 1. The van der Waals surface area contributed by atoms with Crippen LogP contribution in [0.25, 0.3) is 16.7 Å². The van der Waals surface area contributed by atoms with E-state index in [0.29, 0.717) is 22.9 Å². The molecule has 0 fully saturated rings. The van der Waals surface area contributed by atoms with E-state index in [1.165, 1.54) is 10.9 Å². The predicted molar refractivity (Wildman–Crippen MR) is 124 cm³/mol. The van der Waals surface area contributed by atoms with Crippen LogP contribution in [0.3, 0.4) is 0 Å². The number of carbonyl (C=O) groups excluding carboxylic acids is 1. The van der Waals surface area contributed by atoms with Crippen molar-refractivity contribution in [3.05, 3.63) is 108 Å². The number of nitriles is 1.